The molecule has 0 aliphatic rings. The Balaban J connectivity index is 1.70. The molecule has 0 aliphatic carbocycles. The third kappa shape index (κ3) is 3.60. The zero-order valence-corrected chi connectivity index (χ0v) is 14.2. The van der Waals surface area contributed by atoms with Crippen LogP contribution in [0.15, 0.2) is 51.5 Å². The Morgan fingerprint density at radius 3 is 2.67 bits per heavy atom. The standard InChI is InChI=1S/C16H12BrN3O4/c1-10-8-12(17)4-7-14(10)23-9-15-18-16(19-24-15)11-2-5-13(6-3-11)20(21)22/h2-8H,9H2,1H3. The van der Waals surface area contributed by atoms with Crippen LogP contribution in [-0.2, 0) is 6.61 Å². The summed E-state index contributed by atoms with van der Waals surface area (Å²) in [7, 11) is 0. The summed E-state index contributed by atoms with van der Waals surface area (Å²) in [6.07, 6.45) is 0. The van der Waals surface area contributed by atoms with Crippen LogP contribution in [0.1, 0.15) is 11.5 Å². The minimum absolute atomic E-state index is 0.0107. The molecule has 8 heteroatoms. The number of hydrogen-bond donors (Lipinski definition) is 0. The molecule has 24 heavy (non-hydrogen) atoms. The maximum Gasteiger partial charge on any atom is 0.269 e. The first-order valence-corrected chi connectivity index (χ1v) is 7.78. The number of hydrogen-bond acceptors (Lipinski definition) is 6. The van der Waals surface area contributed by atoms with Crippen molar-refractivity contribution < 1.29 is 14.2 Å². The number of nitrogens with zero attached hydrogens (tertiary/aromatic N) is 3. The molecule has 3 rings (SSSR count). The van der Waals surface area contributed by atoms with Crippen molar-refractivity contribution in [3.05, 3.63) is 68.5 Å². The van der Waals surface area contributed by atoms with E-state index in [9.17, 15) is 10.1 Å². The number of nitro groups is 1. The van der Waals surface area contributed by atoms with Crippen molar-refractivity contribution in [1.29, 1.82) is 0 Å². The van der Waals surface area contributed by atoms with Gasteiger partial charge in [-0.3, -0.25) is 10.1 Å². The van der Waals surface area contributed by atoms with Gasteiger partial charge in [0.1, 0.15) is 5.75 Å². The summed E-state index contributed by atoms with van der Waals surface area (Å²) in [6.45, 7) is 2.08. The second-order valence-electron chi connectivity index (χ2n) is 5.01. The number of non-ortho nitro benzene ring substituents is 1. The van der Waals surface area contributed by atoms with Crippen molar-refractivity contribution in [1.82, 2.24) is 10.1 Å². The van der Waals surface area contributed by atoms with Crippen LogP contribution in [0.5, 0.6) is 5.75 Å². The highest BCUT2D eigenvalue weighted by Gasteiger charge is 2.12. The lowest BCUT2D eigenvalue weighted by atomic mass is 10.2. The highest BCUT2D eigenvalue weighted by atomic mass is 79.9. The fourth-order valence-electron chi connectivity index (χ4n) is 2.08. The Kier molecular flexibility index (Phi) is 4.57. The van der Waals surface area contributed by atoms with Crippen LogP contribution in [0.4, 0.5) is 5.69 Å². The lowest BCUT2D eigenvalue weighted by Gasteiger charge is -2.06. The van der Waals surface area contributed by atoms with Gasteiger partial charge in [-0.25, -0.2) is 0 Å². The summed E-state index contributed by atoms with van der Waals surface area (Å²) in [5.41, 5.74) is 1.63. The largest absolute Gasteiger partial charge is 0.483 e. The lowest BCUT2D eigenvalue weighted by molar-refractivity contribution is -0.384. The Morgan fingerprint density at radius 1 is 1.25 bits per heavy atom. The molecule has 0 atom stereocenters. The molecule has 7 nitrogen and oxygen atoms in total. The quantitative estimate of drug-likeness (QED) is 0.477. The number of aromatic nitrogens is 2. The summed E-state index contributed by atoms with van der Waals surface area (Å²) >= 11 is 3.40. The first-order chi connectivity index (χ1) is 11.5. The smallest absolute Gasteiger partial charge is 0.269 e. The molecule has 0 N–H and O–H groups in total. The highest BCUT2D eigenvalue weighted by molar-refractivity contribution is 9.10. The van der Waals surface area contributed by atoms with Gasteiger partial charge in [0, 0.05) is 22.2 Å². The SMILES string of the molecule is Cc1cc(Br)ccc1OCc1nc(-c2ccc([N+](=O)[O-])cc2)no1. The fraction of sp³-hybridized carbons (Fsp3) is 0.125. The number of benzene rings is 2. The minimum Gasteiger partial charge on any atom is -0.483 e. The van der Waals surface area contributed by atoms with Gasteiger partial charge >= 0.3 is 0 Å². The average molecular weight is 390 g/mol. The zero-order chi connectivity index (χ0) is 17.1. The van der Waals surface area contributed by atoms with Crippen LogP contribution >= 0.6 is 15.9 Å². The van der Waals surface area contributed by atoms with Gasteiger partial charge in [-0.2, -0.15) is 4.98 Å². The topological polar surface area (TPSA) is 91.3 Å². The van der Waals surface area contributed by atoms with Crippen LogP contribution in [-0.4, -0.2) is 15.1 Å². The van der Waals surface area contributed by atoms with Crippen LogP contribution < -0.4 is 4.74 Å². The third-order valence-corrected chi connectivity index (χ3v) is 3.79. The molecular formula is C16H12BrN3O4. The van der Waals surface area contributed by atoms with Crippen LogP contribution in [0.2, 0.25) is 0 Å². The second-order valence-corrected chi connectivity index (χ2v) is 5.93. The van der Waals surface area contributed by atoms with Crippen LogP contribution in [0, 0.1) is 17.0 Å². The molecule has 0 amide bonds. The molecule has 0 bridgehead atoms. The number of ether oxygens (including phenoxy) is 1. The van der Waals surface area contributed by atoms with Crippen molar-refractivity contribution in [3.63, 3.8) is 0 Å². The zero-order valence-electron chi connectivity index (χ0n) is 12.6. The van der Waals surface area contributed by atoms with E-state index >= 15 is 0 Å². The molecular weight excluding hydrogens is 378 g/mol. The molecule has 3 aromatic rings. The third-order valence-electron chi connectivity index (χ3n) is 3.29. The molecule has 0 spiro atoms. The van der Waals surface area contributed by atoms with Gasteiger partial charge in [0.15, 0.2) is 6.61 Å². The Labute approximate surface area is 145 Å². The second kappa shape index (κ2) is 6.79. The van der Waals surface area contributed by atoms with E-state index in [-0.39, 0.29) is 12.3 Å². The molecule has 0 aliphatic heterocycles. The first-order valence-electron chi connectivity index (χ1n) is 6.99. The van der Waals surface area contributed by atoms with E-state index in [1.54, 1.807) is 12.1 Å². The summed E-state index contributed by atoms with van der Waals surface area (Å²) in [6, 6.07) is 11.6. The van der Waals surface area contributed by atoms with Crippen LogP contribution in [0.25, 0.3) is 11.4 Å². The van der Waals surface area contributed by atoms with Gasteiger partial charge in [0.25, 0.3) is 11.6 Å². The molecule has 2 aromatic carbocycles. The molecule has 1 heterocycles. The van der Waals surface area contributed by atoms with E-state index in [0.29, 0.717) is 17.3 Å². The van der Waals surface area contributed by atoms with Gasteiger partial charge in [-0.05, 0) is 42.8 Å². The van der Waals surface area contributed by atoms with E-state index < -0.39 is 4.92 Å². The monoisotopic (exact) mass is 389 g/mol. The lowest BCUT2D eigenvalue weighted by Crippen LogP contribution is -1.97. The molecule has 0 saturated heterocycles. The van der Waals surface area contributed by atoms with E-state index in [2.05, 4.69) is 26.1 Å². The fourth-order valence-corrected chi connectivity index (χ4v) is 2.55. The molecule has 0 radical (unpaired) electrons. The van der Waals surface area contributed by atoms with E-state index in [1.165, 1.54) is 12.1 Å². The number of halogens is 1. The Morgan fingerprint density at radius 2 is 2.00 bits per heavy atom. The van der Waals surface area contributed by atoms with Crippen molar-refractivity contribution in [2.75, 3.05) is 0 Å². The molecule has 122 valence electrons. The average Bonchev–Trinajstić information content (AvgIpc) is 3.03. The Bertz CT molecular complexity index is 877. The Hall–Kier alpha value is -2.74. The summed E-state index contributed by atoms with van der Waals surface area (Å²) < 4.78 is 11.8. The first kappa shape index (κ1) is 16.1. The van der Waals surface area contributed by atoms with Crippen molar-refractivity contribution in [2.24, 2.45) is 0 Å². The van der Waals surface area contributed by atoms with Crippen LogP contribution in [0.3, 0.4) is 0 Å². The summed E-state index contributed by atoms with van der Waals surface area (Å²) in [5, 5.41) is 14.5. The predicted molar refractivity (Wildman–Crippen MR) is 89.6 cm³/mol. The summed E-state index contributed by atoms with van der Waals surface area (Å²) in [4.78, 5) is 14.4. The maximum atomic E-state index is 10.7. The van der Waals surface area contributed by atoms with Gasteiger partial charge in [-0.15, -0.1) is 0 Å². The normalized spacial score (nSPS) is 10.6. The molecule has 0 fully saturated rings. The minimum atomic E-state index is -0.459. The number of nitro benzene ring substituents is 1. The van der Waals surface area contributed by atoms with Gasteiger partial charge in [-0.1, -0.05) is 21.1 Å². The number of aryl methyl sites for hydroxylation is 1. The summed E-state index contributed by atoms with van der Waals surface area (Å²) in [5.74, 6) is 1.41. The van der Waals surface area contributed by atoms with Gasteiger partial charge < -0.3 is 9.26 Å². The van der Waals surface area contributed by atoms with Crippen molar-refractivity contribution >= 4 is 21.6 Å². The molecule has 1 aromatic heterocycles. The van der Waals surface area contributed by atoms with Gasteiger partial charge in [0.2, 0.25) is 5.82 Å². The van der Waals surface area contributed by atoms with Crippen molar-refractivity contribution in [3.8, 4) is 17.1 Å². The number of rotatable bonds is 5. The maximum absolute atomic E-state index is 10.7. The van der Waals surface area contributed by atoms with E-state index in [0.717, 1.165) is 15.8 Å². The molecule has 0 saturated carbocycles. The highest BCUT2D eigenvalue weighted by Crippen LogP contribution is 2.24. The van der Waals surface area contributed by atoms with E-state index in [4.69, 9.17) is 9.26 Å². The van der Waals surface area contributed by atoms with Crippen molar-refractivity contribution in [2.45, 2.75) is 13.5 Å². The van der Waals surface area contributed by atoms with E-state index in [1.807, 2.05) is 25.1 Å². The molecule has 0 unspecified atom stereocenters. The van der Waals surface area contributed by atoms with Gasteiger partial charge in [0.05, 0.1) is 4.92 Å². The predicted octanol–water partition coefficient (Wildman–Crippen LogP) is 4.29.